The highest BCUT2D eigenvalue weighted by Gasteiger charge is 2.20. The maximum atomic E-state index is 4.38. The quantitative estimate of drug-likeness (QED) is 0.831. The Morgan fingerprint density at radius 3 is 3.16 bits per heavy atom. The second-order valence-corrected chi connectivity index (χ2v) is 5.62. The average Bonchev–Trinajstić information content (AvgIpc) is 2.97. The van der Waals surface area contributed by atoms with Crippen molar-refractivity contribution in [1.29, 1.82) is 0 Å². The Bertz CT molecular complexity index is 542. The van der Waals surface area contributed by atoms with Crippen molar-refractivity contribution in [3.63, 3.8) is 0 Å². The van der Waals surface area contributed by atoms with Gasteiger partial charge in [-0.2, -0.15) is 5.10 Å². The van der Waals surface area contributed by atoms with Gasteiger partial charge in [0.1, 0.15) is 5.82 Å². The predicted molar refractivity (Wildman–Crippen MR) is 73.6 cm³/mol. The molecule has 19 heavy (non-hydrogen) atoms. The third kappa shape index (κ3) is 2.87. The molecular formula is C14H21N5. The number of hydrogen-bond donors (Lipinski definition) is 0. The van der Waals surface area contributed by atoms with E-state index in [1.54, 1.807) is 0 Å². The van der Waals surface area contributed by atoms with Gasteiger partial charge < -0.3 is 9.47 Å². The fourth-order valence-corrected chi connectivity index (χ4v) is 2.96. The number of imidazole rings is 1. The van der Waals surface area contributed by atoms with Crippen LogP contribution in [-0.4, -0.2) is 37.8 Å². The van der Waals surface area contributed by atoms with Crippen LogP contribution in [0.3, 0.4) is 0 Å². The van der Waals surface area contributed by atoms with Crippen molar-refractivity contribution >= 4 is 0 Å². The Kier molecular flexibility index (Phi) is 3.38. The van der Waals surface area contributed by atoms with Crippen molar-refractivity contribution in [3.05, 3.63) is 36.2 Å². The predicted octanol–water partition coefficient (Wildman–Crippen LogP) is 1.31. The van der Waals surface area contributed by atoms with Crippen LogP contribution in [0.2, 0.25) is 0 Å². The monoisotopic (exact) mass is 259 g/mol. The molecule has 3 rings (SSSR count). The largest absolute Gasteiger partial charge is 0.335 e. The molecule has 0 saturated carbocycles. The van der Waals surface area contributed by atoms with Gasteiger partial charge in [0.25, 0.3) is 0 Å². The van der Waals surface area contributed by atoms with Gasteiger partial charge >= 0.3 is 0 Å². The van der Waals surface area contributed by atoms with E-state index in [2.05, 4.69) is 39.0 Å². The maximum Gasteiger partial charge on any atom is 0.108 e. The first-order chi connectivity index (χ1) is 9.20. The molecule has 0 radical (unpaired) electrons. The van der Waals surface area contributed by atoms with E-state index >= 15 is 0 Å². The van der Waals surface area contributed by atoms with Gasteiger partial charge in [-0.25, -0.2) is 4.98 Å². The summed E-state index contributed by atoms with van der Waals surface area (Å²) in [5, 5.41) is 4.22. The highest BCUT2D eigenvalue weighted by molar-refractivity contribution is 5.03. The molecule has 1 aliphatic heterocycles. The van der Waals surface area contributed by atoms with Crippen LogP contribution >= 0.6 is 0 Å². The van der Waals surface area contributed by atoms with Crippen LogP contribution in [0.4, 0.5) is 0 Å². The van der Waals surface area contributed by atoms with E-state index in [1.807, 2.05) is 24.1 Å². The van der Waals surface area contributed by atoms with Crippen molar-refractivity contribution in [2.24, 2.45) is 13.0 Å². The fourth-order valence-electron chi connectivity index (χ4n) is 2.96. The molecule has 0 amide bonds. The van der Waals surface area contributed by atoms with Gasteiger partial charge in [0.15, 0.2) is 0 Å². The van der Waals surface area contributed by atoms with Crippen molar-refractivity contribution in [1.82, 2.24) is 24.2 Å². The topological polar surface area (TPSA) is 38.9 Å². The SMILES string of the molecule is CN(Cc1cnn(C)c1)C[C@@H]1CCc2nccn2C1. The summed E-state index contributed by atoms with van der Waals surface area (Å²) < 4.78 is 4.16. The first kappa shape index (κ1) is 12.4. The minimum absolute atomic E-state index is 0.725. The Morgan fingerprint density at radius 1 is 1.47 bits per heavy atom. The lowest BCUT2D eigenvalue weighted by atomic mass is 9.99. The molecule has 0 spiro atoms. The van der Waals surface area contributed by atoms with Crippen molar-refractivity contribution in [2.75, 3.05) is 13.6 Å². The molecule has 0 N–H and O–H groups in total. The number of nitrogens with zero attached hydrogens (tertiary/aromatic N) is 5. The van der Waals surface area contributed by atoms with E-state index in [9.17, 15) is 0 Å². The van der Waals surface area contributed by atoms with Crippen LogP contribution < -0.4 is 0 Å². The summed E-state index contributed by atoms with van der Waals surface area (Å²) in [4.78, 5) is 6.77. The molecule has 1 atom stereocenters. The molecule has 0 fully saturated rings. The molecule has 0 saturated heterocycles. The molecule has 5 nitrogen and oxygen atoms in total. The van der Waals surface area contributed by atoms with Crippen LogP contribution in [0.25, 0.3) is 0 Å². The van der Waals surface area contributed by atoms with Gasteiger partial charge in [-0.15, -0.1) is 0 Å². The molecule has 0 bridgehead atoms. The van der Waals surface area contributed by atoms with E-state index in [1.165, 1.54) is 17.8 Å². The summed E-state index contributed by atoms with van der Waals surface area (Å²) in [6, 6.07) is 0. The molecule has 3 heterocycles. The minimum Gasteiger partial charge on any atom is -0.335 e. The Morgan fingerprint density at radius 2 is 2.37 bits per heavy atom. The Balaban J connectivity index is 1.54. The van der Waals surface area contributed by atoms with E-state index in [0.29, 0.717) is 0 Å². The van der Waals surface area contributed by atoms with Gasteiger partial charge in [-0.1, -0.05) is 0 Å². The van der Waals surface area contributed by atoms with Crippen molar-refractivity contribution < 1.29 is 0 Å². The van der Waals surface area contributed by atoms with Gasteiger partial charge in [-0.05, 0) is 19.4 Å². The minimum atomic E-state index is 0.725. The third-order valence-corrected chi connectivity index (χ3v) is 3.81. The van der Waals surface area contributed by atoms with Gasteiger partial charge in [0, 0.05) is 57.3 Å². The molecule has 2 aromatic heterocycles. The van der Waals surface area contributed by atoms with E-state index < -0.39 is 0 Å². The second-order valence-electron chi connectivity index (χ2n) is 5.62. The molecule has 2 aromatic rings. The van der Waals surface area contributed by atoms with E-state index in [-0.39, 0.29) is 0 Å². The molecule has 0 aliphatic carbocycles. The zero-order chi connectivity index (χ0) is 13.2. The summed E-state index contributed by atoms with van der Waals surface area (Å²) in [5.74, 6) is 1.97. The van der Waals surface area contributed by atoms with Crippen LogP contribution in [0.5, 0.6) is 0 Å². The number of aromatic nitrogens is 4. The van der Waals surface area contributed by atoms with Gasteiger partial charge in [0.05, 0.1) is 6.20 Å². The molecule has 102 valence electrons. The smallest absolute Gasteiger partial charge is 0.108 e. The summed E-state index contributed by atoms with van der Waals surface area (Å²) in [7, 11) is 4.15. The lowest BCUT2D eigenvalue weighted by Crippen LogP contribution is -2.31. The van der Waals surface area contributed by atoms with Gasteiger partial charge in [-0.3, -0.25) is 4.68 Å². The van der Waals surface area contributed by atoms with Crippen LogP contribution in [-0.2, 0) is 26.6 Å². The van der Waals surface area contributed by atoms with Crippen molar-refractivity contribution in [2.45, 2.75) is 25.9 Å². The molecule has 0 aromatic carbocycles. The maximum absolute atomic E-state index is 4.38. The Hall–Kier alpha value is -1.62. The molecule has 0 unspecified atom stereocenters. The number of aryl methyl sites for hydroxylation is 2. The zero-order valence-corrected chi connectivity index (χ0v) is 11.7. The van der Waals surface area contributed by atoms with Crippen LogP contribution in [0.1, 0.15) is 17.8 Å². The summed E-state index contributed by atoms with van der Waals surface area (Å²) in [6.45, 7) is 3.21. The third-order valence-electron chi connectivity index (χ3n) is 3.81. The first-order valence-corrected chi connectivity index (χ1v) is 6.87. The van der Waals surface area contributed by atoms with Gasteiger partial charge in [0.2, 0.25) is 0 Å². The highest BCUT2D eigenvalue weighted by Crippen LogP contribution is 2.19. The number of rotatable bonds is 4. The van der Waals surface area contributed by atoms with Crippen molar-refractivity contribution in [3.8, 4) is 0 Å². The number of fused-ring (bicyclic) bond motifs is 1. The molecular weight excluding hydrogens is 238 g/mol. The normalized spacial score (nSPS) is 18.8. The van der Waals surface area contributed by atoms with Crippen LogP contribution in [0.15, 0.2) is 24.8 Å². The summed E-state index contributed by atoms with van der Waals surface area (Å²) in [6.07, 6.45) is 10.4. The summed E-state index contributed by atoms with van der Waals surface area (Å²) >= 11 is 0. The fraction of sp³-hybridized carbons (Fsp3) is 0.571. The second kappa shape index (κ2) is 5.17. The molecule has 1 aliphatic rings. The first-order valence-electron chi connectivity index (χ1n) is 6.87. The molecule has 5 heteroatoms. The van der Waals surface area contributed by atoms with E-state index in [0.717, 1.165) is 32.0 Å². The highest BCUT2D eigenvalue weighted by atomic mass is 15.2. The lowest BCUT2D eigenvalue weighted by Gasteiger charge is -2.27. The Labute approximate surface area is 113 Å². The van der Waals surface area contributed by atoms with E-state index in [4.69, 9.17) is 0 Å². The lowest BCUT2D eigenvalue weighted by molar-refractivity contribution is 0.229. The number of hydrogen-bond acceptors (Lipinski definition) is 3. The van der Waals surface area contributed by atoms with Crippen LogP contribution in [0, 0.1) is 5.92 Å². The zero-order valence-electron chi connectivity index (χ0n) is 11.7. The summed E-state index contributed by atoms with van der Waals surface area (Å²) in [5.41, 5.74) is 1.28. The average molecular weight is 259 g/mol. The standard InChI is InChI=1S/C14H21N5/c1-17(9-13-7-16-18(2)10-13)8-12-3-4-14-15-5-6-19(14)11-12/h5-7,10,12H,3-4,8-9,11H2,1-2H3/t12-/m0/s1.